The summed E-state index contributed by atoms with van der Waals surface area (Å²) in [5, 5.41) is 11.8. The highest BCUT2D eigenvalue weighted by Crippen LogP contribution is 2.32. The predicted molar refractivity (Wildman–Crippen MR) is 81.2 cm³/mol. The molecule has 3 rings (SSSR count). The van der Waals surface area contributed by atoms with E-state index >= 15 is 0 Å². The lowest BCUT2D eigenvalue weighted by Gasteiger charge is -2.26. The molecular formula is C16H22N4O. The second kappa shape index (κ2) is 6.26. The molecule has 1 aromatic heterocycles. The first-order chi connectivity index (χ1) is 10.3. The molecule has 0 saturated heterocycles. The summed E-state index contributed by atoms with van der Waals surface area (Å²) in [7, 11) is 1.72. The number of ether oxygens (including phenoxy) is 1. The van der Waals surface area contributed by atoms with Crippen molar-refractivity contribution in [3.05, 3.63) is 41.5 Å². The van der Waals surface area contributed by atoms with Gasteiger partial charge < -0.3 is 14.6 Å². The Morgan fingerprint density at radius 3 is 3.14 bits per heavy atom. The molecule has 1 aromatic carbocycles. The SMILES string of the molecule is CCn1cnnc1CNC1CCCc2cc(OC)ccc21. The van der Waals surface area contributed by atoms with Crippen molar-refractivity contribution >= 4 is 0 Å². The molecule has 2 aromatic rings. The number of nitrogens with zero attached hydrogens (tertiary/aromatic N) is 3. The van der Waals surface area contributed by atoms with Gasteiger partial charge >= 0.3 is 0 Å². The van der Waals surface area contributed by atoms with Crippen molar-refractivity contribution in [1.82, 2.24) is 20.1 Å². The second-order valence-corrected chi connectivity index (χ2v) is 5.42. The highest BCUT2D eigenvalue weighted by atomic mass is 16.5. The van der Waals surface area contributed by atoms with Crippen LogP contribution < -0.4 is 10.1 Å². The standard InChI is InChI=1S/C16H22N4O/c1-3-20-11-18-19-16(20)10-17-15-6-4-5-12-9-13(21-2)7-8-14(12)15/h7-9,11,15,17H,3-6,10H2,1-2H3. The first-order valence-corrected chi connectivity index (χ1v) is 7.58. The Labute approximate surface area is 125 Å². The highest BCUT2D eigenvalue weighted by molar-refractivity contribution is 5.39. The zero-order valence-electron chi connectivity index (χ0n) is 12.7. The average molecular weight is 286 g/mol. The highest BCUT2D eigenvalue weighted by Gasteiger charge is 2.20. The molecule has 0 bridgehead atoms. The Hall–Kier alpha value is -1.88. The van der Waals surface area contributed by atoms with Crippen molar-refractivity contribution in [2.45, 2.75) is 45.3 Å². The summed E-state index contributed by atoms with van der Waals surface area (Å²) in [4.78, 5) is 0. The van der Waals surface area contributed by atoms with Crippen LogP contribution in [-0.4, -0.2) is 21.9 Å². The van der Waals surface area contributed by atoms with Crippen LogP contribution in [0.2, 0.25) is 0 Å². The first-order valence-electron chi connectivity index (χ1n) is 7.58. The predicted octanol–water partition coefficient (Wildman–Crippen LogP) is 2.47. The number of aromatic nitrogens is 3. The molecule has 5 heteroatoms. The molecule has 1 atom stereocenters. The van der Waals surface area contributed by atoms with Gasteiger partial charge in [0, 0.05) is 12.6 Å². The molecule has 0 amide bonds. The van der Waals surface area contributed by atoms with Crippen molar-refractivity contribution < 1.29 is 4.74 Å². The molecule has 1 heterocycles. The molecule has 112 valence electrons. The average Bonchev–Trinajstić information content (AvgIpc) is 2.99. The number of nitrogens with one attached hydrogen (secondary N) is 1. The second-order valence-electron chi connectivity index (χ2n) is 5.42. The maximum atomic E-state index is 5.32. The fourth-order valence-electron chi connectivity index (χ4n) is 3.02. The molecule has 0 radical (unpaired) electrons. The molecule has 1 N–H and O–H groups in total. The summed E-state index contributed by atoms with van der Waals surface area (Å²) in [6.07, 6.45) is 5.30. The molecule has 0 spiro atoms. The first kappa shape index (κ1) is 14.1. The summed E-state index contributed by atoms with van der Waals surface area (Å²) >= 11 is 0. The van der Waals surface area contributed by atoms with Gasteiger partial charge in [0.25, 0.3) is 0 Å². The van der Waals surface area contributed by atoms with Gasteiger partial charge in [-0.2, -0.15) is 0 Å². The Bertz CT molecular complexity index is 608. The third kappa shape index (κ3) is 2.93. The molecule has 21 heavy (non-hydrogen) atoms. The zero-order chi connectivity index (χ0) is 14.7. The van der Waals surface area contributed by atoms with Gasteiger partial charge in [0.2, 0.25) is 0 Å². The molecule has 0 aliphatic heterocycles. The van der Waals surface area contributed by atoms with Crippen LogP contribution in [0.1, 0.15) is 42.8 Å². The van der Waals surface area contributed by atoms with E-state index in [0.29, 0.717) is 6.04 Å². The summed E-state index contributed by atoms with van der Waals surface area (Å²) in [5.74, 6) is 1.94. The quantitative estimate of drug-likeness (QED) is 0.917. The number of hydrogen-bond donors (Lipinski definition) is 1. The lowest BCUT2D eigenvalue weighted by Crippen LogP contribution is -2.26. The smallest absolute Gasteiger partial charge is 0.146 e. The number of hydrogen-bond acceptors (Lipinski definition) is 4. The largest absolute Gasteiger partial charge is 0.497 e. The van der Waals surface area contributed by atoms with Crippen LogP contribution in [0.15, 0.2) is 24.5 Å². The summed E-state index contributed by atoms with van der Waals surface area (Å²) in [5.41, 5.74) is 2.79. The minimum atomic E-state index is 0.390. The Balaban J connectivity index is 1.73. The van der Waals surface area contributed by atoms with Gasteiger partial charge in [0.05, 0.1) is 13.7 Å². The van der Waals surface area contributed by atoms with Crippen molar-refractivity contribution in [3.63, 3.8) is 0 Å². The fraction of sp³-hybridized carbons (Fsp3) is 0.500. The molecule has 0 saturated carbocycles. The van der Waals surface area contributed by atoms with Gasteiger partial charge in [0.1, 0.15) is 17.9 Å². The number of aryl methyl sites for hydroxylation is 2. The van der Waals surface area contributed by atoms with Crippen molar-refractivity contribution in [2.75, 3.05) is 7.11 Å². The third-order valence-electron chi connectivity index (χ3n) is 4.21. The maximum Gasteiger partial charge on any atom is 0.146 e. The molecular weight excluding hydrogens is 264 g/mol. The molecule has 1 aliphatic carbocycles. The Morgan fingerprint density at radius 1 is 1.43 bits per heavy atom. The van der Waals surface area contributed by atoms with Crippen molar-refractivity contribution in [3.8, 4) is 5.75 Å². The van der Waals surface area contributed by atoms with E-state index < -0.39 is 0 Å². The topological polar surface area (TPSA) is 52.0 Å². The molecule has 1 unspecified atom stereocenters. The van der Waals surface area contributed by atoms with E-state index in [2.05, 4.69) is 39.1 Å². The number of fused-ring (bicyclic) bond motifs is 1. The van der Waals surface area contributed by atoms with E-state index in [0.717, 1.165) is 31.1 Å². The molecule has 5 nitrogen and oxygen atoms in total. The van der Waals surface area contributed by atoms with Crippen LogP contribution in [0.25, 0.3) is 0 Å². The summed E-state index contributed by atoms with van der Waals surface area (Å²) < 4.78 is 7.40. The van der Waals surface area contributed by atoms with Gasteiger partial charge in [-0.05, 0) is 49.4 Å². The fourth-order valence-corrected chi connectivity index (χ4v) is 3.02. The Kier molecular flexibility index (Phi) is 4.20. The third-order valence-corrected chi connectivity index (χ3v) is 4.21. The van der Waals surface area contributed by atoms with E-state index in [4.69, 9.17) is 4.74 Å². The number of benzene rings is 1. The summed E-state index contributed by atoms with van der Waals surface area (Å²) in [6.45, 7) is 3.77. The molecule has 0 fully saturated rings. The lowest BCUT2D eigenvalue weighted by molar-refractivity contribution is 0.409. The van der Waals surface area contributed by atoms with E-state index in [-0.39, 0.29) is 0 Å². The number of rotatable bonds is 5. The maximum absolute atomic E-state index is 5.32. The summed E-state index contributed by atoms with van der Waals surface area (Å²) in [6, 6.07) is 6.79. The van der Waals surface area contributed by atoms with Crippen LogP contribution in [0, 0.1) is 0 Å². The van der Waals surface area contributed by atoms with Crippen LogP contribution in [0.4, 0.5) is 0 Å². The van der Waals surface area contributed by atoms with Crippen molar-refractivity contribution in [1.29, 1.82) is 0 Å². The monoisotopic (exact) mass is 286 g/mol. The van der Waals surface area contributed by atoms with E-state index in [1.165, 1.54) is 24.0 Å². The van der Waals surface area contributed by atoms with Crippen LogP contribution >= 0.6 is 0 Å². The normalized spacial score (nSPS) is 17.5. The van der Waals surface area contributed by atoms with E-state index in [9.17, 15) is 0 Å². The van der Waals surface area contributed by atoms with E-state index in [1.54, 1.807) is 13.4 Å². The lowest BCUT2D eigenvalue weighted by atomic mass is 9.87. The van der Waals surface area contributed by atoms with Crippen LogP contribution in [0.3, 0.4) is 0 Å². The number of methoxy groups -OCH3 is 1. The van der Waals surface area contributed by atoms with Gasteiger partial charge in [-0.3, -0.25) is 0 Å². The van der Waals surface area contributed by atoms with Gasteiger partial charge in [-0.15, -0.1) is 10.2 Å². The van der Waals surface area contributed by atoms with Crippen molar-refractivity contribution in [2.24, 2.45) is 0 Å². The Morgan fingerprint density at radius 2 is 2.33 bits per heavy atom. The van der Waals surface area contributed by atoms with Gasteiger partial charge in [0.15, 0.2) is 0 Å². The van der Waals surface area contributed by atoms with Gasteiger partial charge in [-0.1, -0.05) is 6.07 Å². The minimum absolute atomic E-state index is 0.390. The minimum Gasteiger partial charge on any atom is -0.497 e. The van der Waals surface area contributed by atoms with Crippen LogP contribution in [0.5, 0.6) is 5.75 Å². The van der Waals surface area contributed by atoms with Gasteiger partial charge in [-0.25, -0.2) is 0 Å². The zero-order valence-corrected chi connectivity index (χ0v) is 12.7. The van der Waals surface area contributed by atoms with Crippen LogP contribution in [-0.2, 0) is 19.5 Å². The molecule has 1 aliphatic rings. The van der Waals surface area contributed by atoms with E-state index in [1.807, 2.05) is 6.07 Å².